The number of hydrogen-bond donors (Lipinski definition) is 2. The van der Waals surface area contributed by atoms with Gasteiger partial charge in [0.15, 0.2) is 0 Å². The second-order valence-corrected chi connectivity index (χ2v) is 6.71. The minimum atomic E-state index is 0.0718. The number of amides is 1. The number of aromatic nitrogens is 1. The summed E-state index contributed by atoms with van der Waals surface area (Å²) in [6, 6.07) is 22.8. The van der Waals surface area contributed by atoms with Gasteiger partial charge in [0.1, 0.15) is 0 Å². The third-order valence-electron chi connectivity index (χ3n) is 4.47. The van der Waals surface area contributed by atoms with Crippen LogP contribution in [0.15, 0.2) is 72.9 Å². The summed E-state index contributed by atoms with van der Waals surface area (Å²) < 4.78 is 2.27. The number of carbonyl (C=O) groups is 1. The molecule has 3 rings (SSSR count). The fourth-order valence-electron chi connectivity index (χ4n) is 3.04. The Labute approximate surface area is 161 Å². The van der Waals surface area contributed by atoms with Crippen LogP contribution in [0, 0.1) is 0 Å². The summed E-state index contributed by atoms with van der Waals surface area (Å²) in [6.45, 7) is 4.50. The van der Waals surface area contributed by atoms with Crippen LogP contribution in [0.5, 0.6) is 0 Å². The highest BCUT2D eigenvalue weighted by molar-refractivity contribution is 5.90. The first-order chi connectivity index (χ1) is 13.2. The molecule has 2 N–H and O–H groups in total. The predicted molar refractivity (Wildman–Crippen MR) is 110 cm³/mol. The molecule has 3 aromatic rings. The van der Waals surface area contributed by atoms with E-state index in [9.17, 15) is 4.79 Å². The Bertz CT molecular complexity index is 838. The SMILES string of the molecule is CCCC(=O)Nc1ccc(CNCc2cccn2Cc2ccccc2)cc1. The molecule has 140 valence electrons. The van der Waals surface area contributed by atoms with Gasteiger partial charge in [0.2, 0.25) is 5.91 Å². The van der Waals surface area contributed by atoms with Crippen molar-refractivity contribution in [2.24, 2.45) is 0 Å². The standard InChI is InChI=1S/C23H27N3O/c1-2-7-23(27)25-21-13-11-19(12-14-21)16-24-17-22-10-6-15-26(22)18-20-8-4-3-5-9-20/h3-6,8-15,24H,2,7,16-18H2,1H3,(H,25,27). The summed E-state index contributed by atoms with van der Waals surface area (Å²) in [5, 5.41) is 6.42. The van der Waals surface area contributed by atoms with Gasteiger partial charge in [-0.2, -0.15) is 0 Å². The molecule has 0 radical (unpaired) electrons. The van der Waals surface area contributed by atoms with Crippen LogP contribution in [0.3, 0.4) is 0 Å². The fraction of sp³-hybridized carbons (Fsp3) is 0.261. The van der Waals surface area contributed by atoms with Crippen LogP contribution in [0.25, 0.3) is 0 Å². The third-order valence-corrected chi connectivity index (χ3v) is 4.47. The van der Waals surface area contributed by atoms with Gasteiger partial charge in [0, 0.05) is 43.6 Å². The summed E-state index contributed by atoms with van der Waals surface area (Å²) in [6.07, 6.45) is 3.55. The molecule has 4 heteroatoms. The summed E-state index contributed by atoms with van der Waals surface area (Å²) in [5.41, 5.74) is 4.62. The van der Waals surface area contributed by atoms with Crippen LogP contribution in [0.1, 0.15) is 36.6 Å². The van der Waals surface area contributed by atoms with Crippen molar-refractivity contribution in [3.8, 4) is 0 Å². The highest BCUT2D eigenvalue weighted by Gasteiger charge is 2.03. The monoisotopic (exact) mass is 361 g/mol. The number of anilines is 1. The van der Waals surface area contributed by atoms with Crippen molar-refractivity contribution in [3.05, 3.63) is 89.7 Å². The molecular formula is C23H27N3O. The van der Waals surface area contributed by atoms with E-state index in [1.807, 2.05) is 25.1 Å². The van der Waals surface area contributed by atoms with Gasteiger partial charge in [-0.1, -0.05) is 49.4 Å². The molecule has 2 aromatic carbocycles. The highest BCUT2D eigenvalue weighted by atomic mass is 16.1. The number of carbonyl (C=O) groups excluding carboxylic acids is 1. The topological polar surface area (TPSA) is 46.1 Å². The van der Waals surface area contributed by atoms with E-state index in [0.717, 1.165) is 31.7 Å². The van der Waals surface area contributed by atoms with Crippen LogP contribution in [-0.2, 0) is 24.4 Å². The summed E-state index contributed by atoms with van der Waals surface area (Å²) >= 11 is 0. The third kappa shape index (κ3) is 5.83. The van der Waals surface area contributed by atoms with Crippen molar-refractivity contribution < 1.29 is 4.79 Å². The smallest absolute Gasteiger partial charge is 0.224 e. The summed E-state index contributed by atoms with van der Waals surface area (Å²) in [7, 11) is 0. The summed E-state index contributed by atoms with van der Waals surface area (Å²) in [4.78, 5) is 11.6. The maximum absolute atomic E-state index is 11.6. The molecule has 4 nitrogen and oxygen atoms in total. The minimum Gasteiger partial charge on any atom is -0.346 e. The van der Waals surface area contributed by atoms with Crippen LogP contribution >= 0.6 is 0 Å². The average Bonchev–Trinajstić information content (AvgIpc) is 3.11. The molecule has 0 spiro atoms. The Morgan fingerprint density at radius 3 is 2.41 bits per heavy atom. The van der Waals surface area contributed by atoms with Gasteiger partial charge in [0.05, 0.1) is 0 Å². The van der Waals surface area contributed by atoms with E-state index in [-0.39, 0.29) is 5.91 Å². The number of nitrogens with zero attached hydrogens (tertiary/aromatic N) is 1. The first kappa shape index (κ1) is 18.9. The molecule has 0 atom stereocenters. The van der Waals surface area contributed by atoms with Gasteiger partial charge < -0.3 is 15.2 Å². The molecule has 0 aliphatic heterocycles. The molecule has 1 amide bonds. The molecule has 0 bridgehead atoms. The van der Waals surface area contributed by atoms with E-state index in [0.29, 0.717) is 6.42 Å². The van der Waals surface area contributed by atoms with Crippen LogP contribution < -0.4 is 10.6 Å². The zero-order valence-corrected chi connectivity index (χ0v) is 15.8. The molecule has 0 fully saturated rings. The maximum Gasteiger partial charge on any atom is 0.224 e. The van der Waals surface area contributed by atoms with Gasteiger partial charge in [-0.05, 0) is 41.8 Å². The quantitative estimate of drug-likeness (QED) is 0.587. The Hall–Kier alpha value is -2.85. The lowest BCUT2D eigenvalue weighted by atomic mass is 10.2. The van der Waals surface area contributed by atoms with E-state index in [1.165, 1.54) is 16.8 Å². The normalized spacial score (nSPS) is 10.7. The molecule has 1 aromatic heterocycles. The summed E-state index contributed by atoms with van der Waals surface area (Å²) in [5.74, 6) is 0.0718. The first-order valence-corrected chi connectivity index (χ1v) is 9.52. The molecule has 0 aliphatic carbocycles. The minimum absolute atomic E-state index is 0.0718. The molecule has 27 heavy (non-hydrogen) atoms. The zero-order chi connectivity index (χ0) is 18.9. The molecule has 0 aliphatic rings. The molecule has 0 unspecified atom stereocenters. The Morgan fingerprint density at radius 2 is 1.67 bits per heavy atom. The molecule has 1 heterocycles. The van der Waals surface area contributed by atoms with Gasteiger partial charge in [-0.3, -0.25) is 4.79 Å². The Balaban J connectivity index is 1.49. The zero-order valence-electron chi connectivity index (χ0n) is 15.8. The van der Waals surface area contributed by atoms with Crippen molar-refractivity contribution in [2.75, 3.05) is 5.32 Å². The Kier molecular flexibility index (Phi) is 6.83. The Morgan fingerprint density at radius 1 is 0.889 bits per heavy atom. The lowest BCUT2D eigenvalue weighted by Crippen LogP contribution is -2.16. The average molecular weight is 361 g/mol. The second-order valence-electron chi connectivity index (χ2n) is 6.71. The van der Waals surface area contributed by atoms with E-state index in [1.54, 1.807) is 0 Å². The van der Waals surface area contributed by atoms with Crippen molar-refractivity contribution in [2.45, 2.75) is 39.4 Å². The maximum atomic E-state index is 11.6. The number of nitrogens with one attached hydrogen (secondary N) is 2. The van der Waals surface area contributed by atoms with Crippen LogP contribution in [0.2, 0.25) is 0 Å². The van der Waals surface area contributed by atoms with Crippen molar-refractivity contribution in [1.82, 2.24) is 9.88 Å². The molecule has 0 saturated carbocycles. The van der Waals surface area contributed by atoms with Gasteiger partial charge in [-0.25, -0.2) is 0 Å². The van der Waals surface area contributed by atoms with E-state index in [4.69, 9.17) is 0 Å². The molecular weight excluding hydrogens is 334 g/mol. The number of benzene rings is 2. The lowest BCUT2D eigenvalue weighted by molar-refractivity contribution is -0.116. The lowest BCUT2D eigenvalue weighted by Gasteiger charge is -2.11. The van der Waals surface area contributed by atoms with Gasteiger partial charge in [-0.15, -0.1) is 0 Å². The van der Waals surface area contributed by atoms with Crippen LogP contribution in [0.4, 0.5) is 5.69 Å². The predicted octanol–water partition coefficient (Wildman–Crippen LogP) is 4.56. The number of hydrogen-bond acceptors (Lipinski definition) is 2. The van der Waals surface area contributed by atoms with Gasteiger partial charge >= 0.3 is 0 Å². The second kappa shape index (κ2) is 9.74. The van der Waals surface area contributed by atoms with Crippen LogP contribution in [-0.4, -0.2) is 10.5 Å². The van der Waals surface area contributed by atoms with Gasteiger partial charge in [0.25, 0.3) is 0 Å². The van der Waals surface area contributed by atoms with Crippen molar-refractivity contribution >= 4 is 11.6 Å². The van der Waals surface area contributed by atoms with E-state index in [2.05, 4.69) is 69.9 Å². The largest absolute Gasteiger partial charge is 0.346 e. The fourth-order valence-corrected chi connectivity index (χ4v) is 3.04. The van der Waals surface area contributed by atoms with E-state index >= 15 is 0 Å². The van der Waals surface area contributed by atoms with Crippen molar-refractivity contribution in [1.29, 1.82) is 0 Å². The highest BCUT2D eigenvalue weighted by Crippen LogP contribution is 2.11. The van der Waals surface area contributed by atoms with Crippen molar-refractivity contribution in [3.63, 3.8) is 0 Å². The molecule has 0 saturated heterocycles. The number of rotatable bonds is 9. The van der Waals surface area contributed by atoms with E-state index < -0.39 is 0 Å². The first-order valence-electron chi connectivity index (χ1n) is 9.52.